The fourth-order valence-corrected chi connectivity index (χ4v) is 3.27. The molecule has 2 aromatic carbocycles. The van der Waals surface area contributed by atoms with Crippen LogP contribution in [0.15, 0.2) is 48.5 Å². The Kier molecular flexibility index (Phi) is 6.61. The van der Waals surface area contributed by atoms with E-state index < -0.39 is 0 Å². The van der Waals surface area contributed by atoms with Gasteiger partial charge in [-0.15, -0.1) is 0 Å². The predicted octanol–water partition coefficient (Wildman–Crippen LogP) is 5.26. The lowest BCUT2D eigenvalue weighted by Crippen LogP contribution is -2.09. The average molecular weight is 377 g/mol. The Balaban J connectivity index is 1.93. The van der Waals surface area contributed by atoms with Gasteiger partial charge in [0.05, 0.1) is 5.69 Å². The van der Waals surface area contributed by atoms with Crippen LogP contribution < -0.4 is 10.6 Å². The number of ether oxygens (including phenoxy) is 1. The van der Waals surface area contributed by atoms with E-state index in [9.17, 15) is 0 Å². The number of nitrogens with zero attached hydrogens (tertiary/aromatic N) is 2. The Morgan fingerprint density at radius 1 is 0.929 bits per heavy atom. The first-order chi connectivity index (χ1) is 13.6. The first-order valence-corrected chi connectivity index (χ1v) is 9.59. The first-order valence-electron chi connectivity index (χ1n) is 9.59. The molecule has 0 aliphatic heterocycles. The van der Waals surface area contributed by atoms with Crippen LogP contribution in [0.2, 0.25) is 0 Å². The van der Waals surface area contributed by atoms with Crippen molar-refractivity contribution in [3.63, 3.8) is 0 Å². The minimum absolute atomic E-state index is 0.589. The van der Waals surface area contributed by atoms with E-state index in [0.29, 0.717) is 5.95 Å². The Bertz CT molecular complexity index is 902. The fraction of sp³-hybridized carbons (Fsp3) is 0.304. The summed E-state index contributed by atoms with van der Waals surface area (Å²) in [6, 6.07) is 16.5. The zero-order chi connectivity index (χ0) is 19.9. The highest BCUT2D eigenvalue weighted by Crippen LogP contribution is 2.27. The highest BCUT2D eigenvalue weighted by Gasteiger charge is 2.10. The normalized spacial score (nSPS) is 10.7. The summed E-state index contributed by atoms with van der Waals surface area (Å²) in [7, 11) is 1.71. The molecule has 0 fully saturated rings. The van der Waals surface area contributed by atoms with Crippen molar-refractivity contribution in [2.24, 2.45) is 0 Å². The molecule has 5 heteroatoms. The summed E-state index contributed by atoms with van der Waals surface area (Å²) in [5.74, 6) is 1.39. The molecule has 1 aromatic heterocycles. The van der Waals surface area contributed by atoms with Gasteiger partial charge >= 0.3 is 0 Å². The molecular weight excluding hydrogens is 348 g/mol. The maximum absolute atomic E-state index is 5.13. The van der Waals surface area contributed by atoms with Gasteiger partial charge in [-0.2, -0.15) is 4.98 Å². The van der Waals surface area contributed by atoms with Gasteiger partial charge in [-0.05, 0) is 38.3 Å². The molecule has 0 saturated heterocycles. The smallest absolute Gasteiger partial charge is 0.229 e. The van der Waals surface area contributed by atoms with Crippen LogP contribution in [-0.2, 0) is 4.74 Å². The second-order valence-corrected chi connectivity index (χ2v) is 7.00. The van der Waals surface area contributed by atoms with Crippen LogP contribution in [-0.4, -0.2) is 30.2 Å². The van der Waals surface area contributed by atoms with Gasteiger partial charge in [-0.3, -0.25) is 0 Å². The van der Waals surface area contributed by atoms with E-state index in [2.05, 4.69) is 60.7 Å². The van der Waals surface area contributed by atoms with Crippen LogP contribution in [0.25, 0.3) is 11.3 Å². The topological polar surface area (TPSA) is 59.1 Å². The summed E-state index contributed by atoms with van der Waals surface area (Å²) in [5, 5.41) is 6.82. The van der Waals surface area contributed by atoms with Crippen molar-refractivity contribution >= 4 is 17.5 Å². The van der Waals surface area contributed by atoms with Gasteiger partial charge in [0.1, 0.15) is 5.82 Å². The van der Waals surface area contributed by atoms with Gasteiger partial charge in [0, 0.05) is 37.6 Å². The second kappa shape index (κ2) is 9.33. The molecule has 28 heavy (non-hydrogen) atoms. The zero-order valence-corrected chi connectivity index (χ0v) is 17.0. The van der Waals surface area contributed by atoms with Crippen LogP contribution in [0.1, 0.15) is 23.1 Å². The number of rotatable bonds is 8. The first kappa shape index (κ1) is 19.8. The van der Waals surface area contributed by atoms with Crippen molar-refractivity contribution in [3.8, 4) is 11.3 Å². The van der Waals surface area contributed by atoms with E-state index in [0.717, 1.165) is 42.3 Å². The third-order valence-corrected chi connectivity index (χ3v) is 4.54. The Morgan fingerprint density at radius 2 is 1.64 bits per heavy atom. The lowest BCUT2D eigenvalue weighted by molar-refractivity contribution is 0.198. The molecule has 1 heterocycles. The van der Waals surface area contributed by atoms with Crippen LogP contribution in [0, 0.1) is 20.8 Å². The summed E-state index contributed by atoms with van der Waals surface area (Å²) in [6.45, 7) is 7.83. The molecule has 0 aliphatic rings. The van der Waals surface area contributed by atoms with E-state index in [1.165, 1.54) is 16.7 Å². The van der Waals surface area contributed by atoms with Crippen LogP contribution in [0.5, 0.6) is 0 Å². The molecule has 0 unspecified atom stereocenters. The minimum atomic E-state index is 0.589. The number of aromatic nitrogens is 2. The van der Waals surface area contributed by atoms with Crippen LogP contribution in [0.3, 0.4) is 0 Å². The highest BCUT2D eigenvalue weighted by atomic mass is 16.5. The lowest BCUT2D eigenvalue weighted by atomic mass is 10.1. The lowest BCUT2D eigenvalue weighted by Gasteiger charge is -2.15. The number of nitrogens with one attached hydrogen (secondary N) is 2. The third kappa shape index (κ3) is 5.08. The number of hydrogen-bond acceptors (Lipinski definition) is 5. The number of anilines is 3. The summed E-state index contributed by atoms with van der Waals surface area (Å²) in [4.78, 5) is 9.44. The van der Waals surface area contributed by atoms with Gasteiger partial charge in [0.15, 0.2) is 0 Å². The van der Waals surface area contributed by atoms with Crippen LogP contribution in [0.4, 0.5) is 17.5 Å². The van der Waals surface area contributed by atoms with E-state index in [1.54, 1.807) is 7.11 Å². The molecule has 0 radical (unpaired) electrons. The van der Waals surface area contributed by atoms with Crippen molar-refractivity contribution in [1.29, 1.82) is 0 Å². The van der Waals surface area contributed by atoms with E-state index in [-0.39, 0.29) is 0 Å². The van der Waals surface area contributed by atoms with Crippen molar-refractivity contribution < 1.29 is 4.74 Å². The Hall–Kier alpha value is -2.92. The monoisotopic (exact) mass is 376 g/mol. The molecule has 0 aliphatic carbocycles. The average Bonchev–Trinajstić information content (AvgIpc) is 2.69. The molecule has 5 nitrogen and oxygen atoms in total. The summed E-state index contributed by atoms with van der Waals surface area (Å²) in [6.07, 6.45) is 0.917. The second-order valence-electron chi connectivity index (χ2n) is 7.00. The molecule has 146 valence electrons. The van der Waals surface area contributed by atoms with Gasteiger partial charge in [0.2, 0.25) is 5.95 Å². The fourth-order valence-electron chi connectivity index (χ4n) is 3.27. The number of aryl methyl sites for hydroxylation is 3. The van der Waals surface area contributed by atoms with Crippen molar-refractivity contribution in [3.05, 3.63) is 65.2 Å². The van der Waals surface area contributed by atoms with E-state index in [4.69, 9.17) is 9.72 Å². The van der Waals surface area contributed by atoms with Crippen LogP contribution >= 0.6 is 0 Å². The van der Waals surface area contributed by atoms with Gasteiger partial charge in [-0.1, -0.05) is 48.0 Å². The molecule has 0 atom stereocenters. The van der Waals surface area contributed by atoms with Crippen molar-refractivity contribution in [1.82, 2.24) is 9.97 Å². The SMILES string of the molecule is COCCCNc1cc(-c2ccccc2)nc(Nc2c(C)cc(C)cc2C)n1. The quantitative estimate of drug-likeness (QED) is 0.525. The largest absolute Gasteiger partial charge is 0.385 e. The predicted molar refractivity (Wildman–Crippen MR) is 116 cm³/mol. The number of hydrogen-bond donors (Lipinski definition) is 2. The molecule has 0 spiro atoms. The molecule has 0 bridgehead atoms. The Labute approximate surface area is 167 Å². The summed E-state index contributed by atoms with van der Waals surface area (Å²) in [5.41, 5.74) is 6.61. The molecule has 0 saturated carbocycles. The summed E-state index contributed by atoms with van der Waals surface area (Å²) < 4.78 is 5.13. The minimum Gasteiger partial charge on any atom is -0.385 e. The van der Waals surface area contributed by atoms with E-state index in [1.807, 2.05) is 24.3 Å². The molecule has 0 amide bonds. The van der Waals surface area contributed by atoms with Crippen molar-refractivity contribution in [2.75, 3.05) is 30.9 Å². The molecule has 3 rings (SSSR count). The maximum atomic E-state index is 5.13. The molecule has 3 aromatic rings. The maximum Gasteiger partial charge on any atom is 0.229 e. The third-order valence-electron chi connectivity index (χ3n) is 4.54. The van der Waals surface area contributed by atoms with Gasteiger partial charge < -0.3 is 15.4 Å². The standard InChI is InChI=1S/C23H28N4O/c1-16-13-17(2)22(18(3)14-16)27-23-25-20(19-9-6-5-7-10-19)15-21(26-23)24-11-8-12-28-4/h5-7,9-10,13-15H,8,11-12H2,1-4H3,(H2,24,25,26,27). The molecule has 2 N–H and O–H groups in total. The van der Waals surface area contributed by atoms with E-state index >= 15 is 0 Å². The van der Waals surface area contributed by atoms with Gasteiger partial charge in [0.25, 0.3) is 0 Å². The zero-order valence-electron chi connectivity index (χ0n) is 17.0. The number of methoxy groups -OCH3 is 1. The van der Waals surface area contributed by atoms with Crippen molar-refractivity contribution in [2.45, 2.75) is 27.2 Å². The summed E-state index contributed by atoms with van der Waals surface area (Å²) >= 11 is 0. The highest BCUT2D eigenvalue weighted by molar-refractivity contribution is 5.68. The van der Waals surface area contributed by atoms with Gasteiger partial charge in [-0.25, -0.2) is 4.98 Å². The number of benzene rings is 2. The molecular formula is C23H28N4O. The Morgan fingerprint density at radius 3 is 2.32 bits per heavy atom.